The first kappa shape index (κ1) is 13.5. The molecule has 7 heteroatoms. The number of para-hydroxylation sites is 1. The number of aliphatic hydroxyl groups is 3. The molecule has 3 N–H and O–H groups in total. The van der Waals surface area contributed by atoms with Crippen LogP contribution in [0.15, 0.2) is 30.3 Å². The van der Waals surface area contributed by atoms with Gasteiger partial charge in [0.15, 0.2) is 5.85 Å². The molecule has 1 unspecified atom stereocenters. The smallest absolute Gasteiger partial charge is 0.410 e. The van der Waals surface area contributed by atoms with Gasteiger partial charge in [-0.25, -0.2) is 4.57 Å². The van der Waals surface area contributed by atoms with Gasteiger partial charge in [0.25, 0.3) is 0 Å². The zero-order valence-corrected chi connectivity index (χ0v) is 10.6. The summed E-state index contributed by atoms with van der Waals surface area (Å²) in [4.78, 5) is 0. The number of aliphatic hydroxyl groups excluding tert-OH is 3. The topological polar surface area (TPSA) is 96.2 Å². The molecule has 1 aliphatic heterocycles. The molecule has 1 heterocycles. The summed E-state index contributed by atoms with van der Waals surface area (Å²) in [6, 6.07) is 8.21. The van der Waals surface area contributed by atoms with Crippen LogP contribution in [0.1, 0.15) is 6.92 Å². The van der Waals surface area contributed by atoms with E-state index in [1.165, 1.54) is 6.92 Å². The Morgan fingerprint density at radius 1 is 1.17 bits per heavy atom. The van der Waals surface area contributed by atoms with Crippen molar-refractivity contribution in [2.45, 2.75) is 31.1 Å². The van der Waals surface area contributed by atoms with E-state index in [4.69, 9.17) is 9.05 Å². The SMILES string of the molecule is C[C@H]1OP(=O)(Oc2ccccc2)[C@@H](O)[C@@H](O)[C@@H]1O. The minimum absolute atomic E-state index is 0.260. The second-order valence-electron chi connectivity index (χ2n) is 4.15. The van der Waals surface area contributed by atoms with Gasteiger partial charge < -0.3 is 19.8 Å². The minimum atomic E-state index is -3.93. The van der Waals surface area contributed by atoms with Gasteiger partial charge in [0, 0.05) is 0 Å². The number of rotatable bonds is 2. The molecule has 0 radical (unpaired) electrons. The van der Waals surface area contributed by atoms with E-state index >= 15 is 0 Å². The lowest BCUT2D eigenvalue weighted by molar-refractivity contribution is -0.105. The fraction of sp³-hybridized carbons (Fsp3) is 0.455. The lowest BCUT2D eigenvalue weighted by atomic mass is 10.1. The highest BCUT2D eigenvalue weighted by atomic mass is 31.2. The summed E-state index contributed by atoms with van der Waals surface area (Å²) in [6.45, 7) is 1.45. The van der Waals surface area contributed by atoms with Crippen LogP contribution in [0.2, 0.25) is 0 Å². The van der Waals surface area contributed by atoms with E-state index < -0.39 is 31.8 Å². The molecule has 1 fully saturated rings. The van der Waals surface area contributed by atoms with Crippen LogP contribution < -0.4 is 4.52 Å². The van der Waals surface area contributed by atoms with Crippen LogP contribution in [0.25, 0.3) is 0 Å². The zero-order chi connectivity index (χ0) is 13.3. The maximum atomic E-state index is 12.3. The highest BCUT2D eigenvalue weighted by Crippen LogP contribution is 2.57. The van der Waals surface area contributed by atoms with Gasteiger partial charge in [0.05, 0.1) is 6.10 Å². The Hall–Kier alpha value is -0.910. The third-order valence-corrected chi connectivity index (χ3v) is 4.79. The molecule has 1 aromatic carbocycles. The molecule has 1 saturated heterocycles. The molecule has 1 aromatic rings. The van der Waals surface area contributed by atoms with Crippen LogP contribution in [-0.2, 0) is 9.09 Å². The lowest BCUT2D eigenvalue weighted by Crippen LogP contribution is -2.49. The first-order chi connectivity index (χ1) is 8.44. The van der Waals surface area contributed by atoms with Gasteiger partial charge in [-0.1, -0.05) is 18.2 Å². The van der Waals surface area contributed by atoms with Crippen LogP contribution in [0.5, 0.6) is 5.75 Å². The van der Waals surface area contributed by atoms with Crippen LogP contribution >= 0.6 is 7.60 Å². The molecule has 6 nitrogen and oxygen atoms in total. The van der Waals surface area contributed by atoms with Crippen molar-refractivity contribution in [2.24, 2.45) is 0 Å². The Kier molecular flexibility index (Phi) is 3.75. The predicted octanol–water partition coefficient (Wildman–Crippen LogP) is 0.717. The van der Waals surface area contributed by atoms with Gasteiger partial charge in [-0.2, -0.15) is 0 Å². The van der Waals surface area contributed by atoms with Crippen LogP contribution in [0.3, 0.4) is 0 Å². The normalized spacial score (nSPS) is 40.4. The van der Waals surface area contributed by atoms with Gasteiger partial charge in [-0.3, -0.25) is 4.52 Å². The highest BCUT2D eigenvalue weighted by Gasteiger charge is 2.51. The Labute approximate surface area is 104 Å². The maximum absolute atomic E-state index is 12.3. The van der Waals surface area contributed by atoms with Crippen molar-refractivity contribution in [1.82, 2.24) is 0 Å². The molecule has 0 aromatic heterocycles. The standard InChI is InChI=1S/C11H15O6P/c1-7-9(12)10(13)11(14)18(15,16-7)17-8-5-3-2-4-6-8/h2-7,9-14H,1H3/t7-,9-,10+,11-,18?/m1/s1. The van der Waals surface area contributed by atoms with E-state index in [2.05, 4.69) is 0 Å². The average molecular weight is 274 g/mol. The van der Waals surface area contributed by atoms with Crippen LogP contribution in [0, 0.1) is 0 Å². The largest absolute Gasteiger partial charge is 0.423 e. The van der Waals surface area contributed by atoms with Crippen molar-refractivity contribution in [3.63, 3.8) is 0 Å². The van der Waals surface area contributed by atoms with E-state index in [-0.39, 0.29) is 5.75 Å². The quantitative estimate of drug-likeness (QED) is 0.688. The monoisotopic (exact) mass is 274 g/mol. The average Bonchev–Trinajstić information content (AvgIpc) is 2.35. The fourth-order valence-corrected chi connectivity index (χ4v) is 3.53. The van der Waals surface area contributed by atoms with Gasteiger partial charge in [-0.15, -0.1) is 0 Å². The Bertz CT molecular complexity index is 450. The Morgan fingerprint density at radius 2 is 1.78 bits per heavy atom. The van der Waals surface area contributed by atoms with E-state index in [9.17, 15) is 19.9 Å². The molecule has 0 saturated carbocycles. The summed E-state index contributed by atoms with van der Waals surface area (Å²) >= 11 is 0. The first-order valence-corrected chi connectivity index (χ1v) is 7.12. The summed E-state index contributed by atoms with van der Waals surface area (Å²) < 4.78 is 22.5. The zero-order valence-electron chi connectivity index (χ0n) is 9.71. The maximum Gasteiger partial charge on any atom is 0.410 e. The molecule has 0 amide bonds. The summed E-state index contributed by atoms with van der Waals surface area (Å²) in [5, 5.41) is 28.8. The molecular formula is C11H15O6P. The molecule has 0 aliphatic carbocycles. The summed E-state index contributed by atoms with van der Waals surface area (Å²) in [6.07, 6.45) is -3.76. The fourth-order valence-electron chi connectivity index (χ4n) is 1.70. The number of hydrogen-bond donors (Lipinski definition) is 3. The third-order valence-electron chi connectivity index (χ3n) is 2.75. The molecule has 18 heavy (non-hydrogen) atoms. The predicted molar refractivity (Wildman–Crippen MR) is 63.2 cm³/mol. The van der Waals surface area contributed by atoms with E-state index in [1.807, 2.05) is 0 Å². The molecule has 5 atom stereocenters. The van der Waals surface area contributed by atoms with Crippen molar-refractivity contribution in [1.29, 1.82) is 0 Å². The Morgan fingerprint density at radius 3 is 2.39 bits per heavy atom. The lowest BCUT2D eigenvalue weighted by Gasteiger charge is -2.37. The number of benzene rings is 1. The molecule has 0 spiro atoms. The first-order valence-electron chi connectivity index (χ1n) is 5.51. The van der Waals surface area contributed by atoms with E-state index in [0.29, 0.717) is 0 Å². The second kappa shape index (κ2) is 4.99. The van der Waals surface area contributed by atoms with Gasteiger partial charge in [0.2, 0.25) is 0 Å². The van der Waals surface area contributed by atoms with Crippen molar-refractivity contribution in [3.8, 4) is 5.75 Å². The van der Waals surface area contributed by atoms with Gasteiger partial charge in [0.1, 0.15) is 18.0 Å². The van der Waals surface area contributed by atoms with E-state index in [1.54, 1.807) is 30.3 Å². The summed E-state index contributed by atoms with van der Waals surface area (Å²) in [5.41, 5.74) is 0. The van der Waals surface area contributed by atoms with Gasteiger partial charge in [-0.05, 0) is 19.1 Å². The van der Waals surface area contributed by atoms with Crippen molar-refractivity contribution in [3.05, 3.63) is 30.3 Å². The third kappa shape index (κ3) is 2.43. The van der Waals surface area contributed by atoms with Gasteiger partial charge >= 0.3 is 7.60 Å². The van der Waals surface area contributed by atoms with Crippen molar-refractivity contribution in [2.75, 3.05) is 0 Å². The number of hydrogen-bond acceptors (Lipinski definition) is 6. The Balaban J connectivity index is 2.22. The van der Waals surface area contributed by atoms with E-state index in [0.717, 1.165) is 0 Å². The molecule has 100 valence electrons. The molecule has 2 rings (SSSR count). The minimum Gasteiger partial charge on any atom is -0.423 e. The highest BCUT2D eigenvalue weighted by molar-refractivity contribution is 7.55. The molecular weight excluding hydrogens is 259 g/mol. The van der Waals surface area contributed by atoms with Crippen LogP contribution in [0.4, 0.5) is 0 Å². The van der Waals surface area contributed by atoms with Crippen molar-refractivity contribution >= 4 is 7.60 Å². The summed E-state index contributed by atoms with van der Waals surface area (Å²) in [7, 11) is -3.93. The van der Waals surface area contributed by atoms with Crippen LogP contribution in [-0.4, -0.2) is 39.5 Å². The van der Waals surface area contributed by atoms with Crippen molar-refractivity contribution < 1.29 is 28.9 Å². The second-order valence-corrected chi connectivity index (χ2v) is 6.15. The molecule has 0 bridgehead atoms. The summed E-state index contributed by atoms with van der Waals surface area (Å²) in [5.74, 6) is -1.51. The molecule has 1 aliphatic rings.